The van der Waals surface area contributed by atoms with Crippen LogP contribution in [0.15, 0.2) is 36.5 Å². The molecular weight excluding hydrogens is 875 g/mol. The lowest BCUT2D eigenvalue weighted by molar-refractivity contribution is -0.143. The summed E-state index contributed by atoms with van der Waals surface area (Å²) in [4.78, 5) is 24.4. The third-order valence-corrected chi connectivity index (χ3v) is 14.6. The van der Waals surface area contributed by atoms with E-state index in [4.69, 9.17) is 4.74 Å². The first-order valence-electron chi connectivity index (χ1n) is 31.8. The Kier molecular flexibility index (Phi) is 59.0. The Morgan fingerprint density at radius 3 is 1.00 bits per heavy atom. The maximum absolute atomic E-state index is 12.4. The normalized spacial score (nSPS) is 12.8. The van der Waals surface area contributed by atoms with E-state index in [2.05, 4.69) is 43.5 Å². The molecule has 2 atom stereocenters. The van der Waals surface area contributed by atoms with Crippen molar-refractivity contribution >= 4 is 11.9 Å². The molecule has 71 heavy (non-hydrogen) atoms. The largest absolute Gasteiger partial charge is 0.466 e. The quantitative estimate of drug-likeness (QED) is 0.0321. The highest BCUT2D eigenvalue weighted by atomic mass is 16.5. The monoisotopic (exact) mass is 998 g/mol. The molecule has 0 rings (SSSR count). The minimum atomic E-state index is -0.840. The Hall–Kier alpha value is -1.92. The van der Waals surface area contributed by atoms with E-state index in [0.29, 0.717) is 19.4 Å². The van der Waals surface area contributed by atoms with Gasteiger partial charge in [0.2, 0.25) is 5.91 Å². The Morgan fingerprint density at radius 1 is 0.380 bits per heavy atom. The molecule has 0 aromatic heterocycles. The number of nitrogens with one attached hydrogen (secondary N) is 1. The highest BCUT2D eigenvalue weighted by molar-refractivity contribution is 5.76. The standard InChI is InChI=1S/C65H123NO5/c1-3-5-7-9-11-13-14-15-36-39-43-47-51-55-59-65(70)71-60-56-52-48-44-40-37-34-32-30-28-26-24-22-20-18-16-17-19-21-23-25-27-29-31-33-35-38-42-46-50-54-58-64(69)66-62(61-67)63(68)57-53-49-45-41-12-10-8-6-4-2/h14-15,18,20,53,57,62-63,67-68H,3-13,16-17,19,21-52,54-56,58-61H2,1-2H3,(H,66,69)/b15-14-,20-18-,57-53+. The van der Waals surface area contributed by atoms with Gasteiger partial charge in [0.15, 0.2) is 0 Å². The molecule has 0 spiro atoms. The van der Waals surface area contributed by atoms with Crippen molar-refractivity contribution in [3.05, 3.63) is 36.5 Å². The number of ether oxygens (including phenoxy) is 1. The number of carbonyl (C=O) groups excluding carboxylic acids is 2. The summed E-state index contributed by atoms with van der Waals surface area (Å²) in [6.07, 6.45) is 76.4. The van der Waals surface area contributed by atoms with Crippen LogP contribution in [0.3, 0.4) is 0 Å². The zero-order valence-corrected chi connectivity index (χ0v) is 47.7. The number of aliphatic hydroxyl groups excluding tert-OH is 2. The second-order valence-corrected chi connectivity index (χ2v) is 21.7. The molecule has 0 aliphatic heterocycles. The summed E-state index contributed by atoms with van der Waals surface area (Å²) in [5, 5.41) is 23.0. The van der Waals surface area contributed by atoms with Crippen molar-refractivity contribution in [2.75, 3.05) is 13.2 Å². The van der Waals surface area contributed by atoms with Crippen LogP contribution in [0.4, 0.5) is 0 Å². The summed E-state index contributed by atoms with van der Waals surface area (Å²) in [7, 11) is 0. The molecule has 0 bridgehead atoms. The van der Waals surface area contributed by atoms with Gasteiger partial charge in [-0.1, -0.05) is 281 Å². The van der Waals surface area contributed by atoms with Gasteiger partial charge < -0.3 is 20.3 Å². The molecule has 418 valence electrons. The molecule has 1 amide bonds. The van der Waals surface area contributed by atoms with Crippen LogP contribution in [0.25, 0.3) is 0 Å². The summed E-state index contributed by atoms with van der Waals surface area (Å²) < 4.78 is 5.48. The van der Waals surface area contributed by atoms with Crippen molar-refractivity contribution in [1.82, 2.24) is 5.32 Å². The highest BCUT2D eigenvalue weighted by Crippen LogP contribution is 2.17. The van der Waals surface area contributed by atoms with Gasteiger partial charge in [-0.05, 0) is 83.5 Å². The molecule has 0 aromatic carbocycles. The number of amides is 1. The molecule has 6 heteroatoms. The summed E-state index contributed by atoms with van der Waals surface area (Å²) >= 11 is 0. The van der Waals surface area contributed by atoms with Gasteiger partial charge in [-0.15, -0.1) is 0 Å². The first kappa shape index (κ1) is 69.1. The molecule has 0 radical (unpaired) electrons. The molecule has 0 aliphatic carbocycles. The van der Waals surface area contributed by atoms with Gasteiger partial charge in [-0.25, -0.2) is 0 Å². The van der Waals surface area contributed by atoms with Crippen LogP contribution in [0.5, 0.6) is 0 Å². The molecule has 2 unspecified atom stereocenters. The number of hydrogen-bond acceptors (Lipinski definition) is 5. The van der Waals surface area contributed by atoms with Crippen LogP contribution in [0, 0.1) is 0 Å². The van der Waals surface area contributed by atoms with Crippen molar-refractivity contribution in [3.8, 4) is 0 Å². The fourth-order valence-electron chi connectivity index (χ4n) is 9.74. The minimum absolute atomic E-state index is 0.00867. The maximum atomic E-state index is 12.4. The third kappa shape index (κ3) is 57.2. The van der Waals surface area contributed by atoms with Crippen molar-refractivity contribution in [3.63, 3.8) is 0 Å². The van der Waals surface area contributed by atoms with Crippen LogP contribution in [-0.4, -0.2) is 47.4 Å². The predicted octanol–water partition coefficient (Wildman–Crippen LogP) is 20.0. The summed E-state index contributed by atoms with van der Waals surface area (Å²) in [5.41, 5.74) is 0. The van der Waals surface area contributed by atoms with Crippen LogP contribution < -0.4 is 5.32 Å². The summed E-state index contributed by atoms with van der Waals surface area (Å²) in [5.74, 6) is -0.0594. The molecule has 0 saturated carbocycles. The molecule has 0 heterocycles. The van der Waals surface area contributed by atoms with Crippen LogP contribution in [0.2, 0.25) is 0 Å². The zero-order chi connectivity index (χ0) is 51.4. The lowest BCUT2D eigenvalue weighted by Crippen LogP contribution is -2.45. The number of rotatable bonds is 59. The van der Waals surface area contributed by atoms with Gasteiger partial charge in [0.1, 0.15) is 0 Å². The van der Waals surface area contributed by atoms with Crippen LogP contribution in [0.1, 0.15) is 341 Å². The number of esters is 1. The number of unbranched alkanes of at least 4 members (excludes halogenated alkanes) is 44. The molecular formula is C65H123NO5. The van der Waals surface area contributed by atoms with Crippen molar-refractivity contribution in [2.45, 2.75) is 353 Å². The molecule has 3 N–H and O–H groups in total. The molecule has 0 saturated heterocycles. The predicted molar refractivity (Wildman–Crippen MR) is 310 cm³/mol. The van der Waals surface area contributed by atoms with Crippen molar-refractivity contribution in [1.29, 1.82) is 0 Å². The topological polar surface area (TPSA) is 95.9 Å². The fraction of sp³-hybridized carbons (Fsp3) is 0.877. The van der Waals surface area contributed by atoms with Gasteiger partial charge in [0, 0.05) is 12.8 Å². The third-order valence-electron chi connectivity index (χ3n) is 14.6. The number of hydrogen-bond donors (Lipinski definition) is 3. The first-order valence-corrected chi connectivity index (χ1v) is 31.8. The van der Waals surface area contributed by atoms with Crippen LogP contribution in [-0.2, 0) is 14.3 Å². The Balaban J connectivity index is 3.34. The molecule has 0 fully saturated rings. The molecule has 6 nitrogen and oxygen atoms in total. The average Bonchev–Trinajstić information content (AvgIpc) is 3.37. The second kappa shape index (κ2) is 60.6. The number of carbonyl (C=O) groups is 2. The summed E-state index contributed by atoms with van der Waals surface area (Å²) in [6.45, 7) is 4.88. The second-order valence-electron chi connectivity index (χ2n) is 21.7. The van der Waals surface area contributed by atoms with Crippen molar-refractivity contribution < 1.29 is 24.5 Å². The van der Waals surface area contributed by atoms with Gasteiger partial charge in [0.25, 0.3) is 0 Å². The SMILES string of the molecule is CCCCCCC/C=C\CCCCCCCC(=O)OCCCCCCCCCCCCCC/C=C\CCCCCCCCCCCCCCCCCC(=O)NC(CO)C(O)/C=C/CCCCCCCCC. The van der Waals surface area contributed by atoms with Gasteiger partial charge in [0.05, 0.1) is 25.4 Å². The van der Waals surface area contributed by atoms with Gasteiger partial charge in [-0.3, -0.25) is 9.59 Å². The lowest BCUT2D eigenvalue weighted by Gasteiger charge is -2.20. The van der Waals surface area contributed by atoms with Crippen LogP contribution >= 0.6 is 0 Å². The van der Waals surface area contributed by atoms with E-state index >= 15 is 0 Å². The number of allylic oxidation sites excluding steroid dienone is 5. The lowest BCUT2D eigenvalue weighted by atomic mass is 10.0. The molecule has 0 aromatic rings. The van der Waals surface area contributed by atoms with E-state index in [1.165, 1.54) is 270 Å². The van der Waals surface area contributed by atoms with E-state index in [1.807, 2.05) is 6.08 Å². The van der Waals surface area contributed by atoms with E-state index < -0.39 is 12.1 Å². The van der Waals surface area contributed by atoms with Crippen molar-refractivity contribution in [2.24, 2.45) is 0 Å². The average molecular weight is 999 g/mol. The summed E-state index contributed by atoms with van der Waals surface area (Å²) in [6, 6.07) is -0.624. The van der Waals surface area contributed by atoms with E-state index in [9.17, 15) is 19.8 Å². The minimum Gasteiger partial charge on any atom is -0.466 e. The first-order chi connectivity index (χ1) is 35.0. The van der Waals surface area contributed by atoms with E-state index in [-0.39, 0.29) is 18.5 Å². The van der Waals surface area contributed by atoms with E-state index in [0.717, 1.165) is 44.9 Å². The molecule has 0 aliphatic rings. The zero-order valence-electron chi connectivity index (χ0n) is 47.7. The Bertz CT molecular complexity index is 1150. The fourth-order valence-corrected chi connectivity index (χ4v) is 9.74. The highest BCUT2D eigenvalue weighted by Gasteiger charge is 2.18. The Morgan fingerprint density at radius 2 is 0.662 bits per heavy atom. The number of aliphatic hydroxyl groups is 2. The van der Waals surface area contributed by atoms with Gasteiger partial charge >= 0.3 is 5.97 Å². The van der Waals surface area contributed by atoms with E-state index in [1.54, 1.807) is 6.08 Å². The van der Waals surface area contributed by atoms with Gasteiger partial charge in [-0.2, -0.15) is 0 Å². The Labute approximate surface area is 443 Å². The maximum Gasteiger partial charge on any atom is 0.305 e. The smallest absolute Gasteiger partial charge is 0.305 e.